The van der Waals surface area contributed by atoms with Gasteiger partial charge in [0.05, 0.1) is 30.4 Å². The van der Waals surface area contributed by atoms with Crippen LogP contribution in [0.5, 0.6) is 0 Å². The van der Waals surface area contributed by atoms with Crippen molar-refractivity contribution in [1.29, 1.82) is 0 Å². The van der Waals surface area contributed by atoms with Gasteiger partial charge in [-0.3, -0.25) is 4.79 Å². The van der Waals surface area contributed by atoms with Crippen molar-refractivity contribution in [3.63, 3.8) is 0 Å². The Balaban J connectivity index is 2.05. The Morgan fingerprint density at radius 3 is 2.58 bits per heavy atom. The number of halogens is 3. The average Bonchev–Trinajstić information content (AvgIpc) is 2.60. The maximum Gasteiger partial charge on any atom is 0.416 e. The minimum absolute atomic E-state index is 0.0280. The molecule has 0 spiro atoms. The number of nitrogens with zero attached hydrogens (tertiary/aromatic N) is 1. The fourth-order valence-corrected chi connectivity index (χ4v) is 3.43. The summed E-state index contributed by atoms with van der Waals surface area (Å²) >= 11 is 5.11. The summed E-state index contributed by atoms with van der Waals surface area (Å²) in [6, 6.07) is 4.24. The van der Waals surface area contributed by atoms with Crippen LogP contribution in [0.15, 0.2) is 35.5 Å². The van der Waals surface area contributed by atoms with Crippen LogP contribution in [0.25, 0.3) is 0 Å². The van der Waals surface area contributed by atoms with Crippen LogP contribution in [-0.4, -0.2) is 42.2 Å². The molecule has 3 rings (SSSR count). The predicted molar refractivity (Wildman–Crippen MR) is 93.2 cm³/mol. The first-order chi connectivity index (χ1) is 12.3. The van der Waals surface area contributed by atoms with Crippen LogP contribution in [0.1, 0.15) is 24.1 Å². The number of alkyl halides is 3. The fourth-order valence-electron chi connectivity index (χ4n) is 3.15. The lowest BCUT2D eigenvalue weighted by Gasteiger charge is -2.35. The fraction of sp³-hybridized carbons (Fsp3) is 0.412. The lowest BCUT2D eigenvalue weighted by molar-refractivity contribution is -0.138. The van der Waals surface area contributed by atoms with Crippen LogP contribution in [0.2, 0.25) is 0 Å². The Morgan fingerprint density at radius 1 is 1.27 bits per heavy atom. The Labute approximate surface area is 154 Å². The Hall–Kier alpha value is -2.13. The van der Waals surface area contributed by atoms with Crippen molar-refractivity contribution in [2.75, 3.05) is 26.3 Å². The van der Waals surface area contributed by atoms with Crippen LogP contribution in [0.4, 0.5) is 13.2 Å². The van der Waals surface area contributed by atoms with Gasteiger partial charge in [-0.25, -0.2) is 0 Å². The summed E-state index contributed by atoms with van der Waals surface area (Å²) < 4.78 is 45.7. The van der Waals surface area contributed by atoms with Crippen molar-refractivity contribution in [1.82, 2.24) is 15.5 Å². The van der Waals surface area contributed by atoms with Crippen molar-refractivity contribution in [3.05, 3.63) is 46.7 Å². The number of nitrogens with one attached hydrogen (secondary N) is 2. The number of morpholine rings is 1. The molecule has 1 fully saturated rings. The molecule has 0 aromatic heterocycles. The zero-order valence-electron chi connectivity index (χ0n) is 14.0. The van der Waals surface area contributed by atoms with Crippen molar-refractivity contribution in [2.24, 2.45) is 0 Å². The van der Waals surface area contributed by atoms with E-state index in [0.29, 0.717) is 32.0 Å². The number of hydrogen-bond donors (Lipinski definition) is 2. The second kappa shape index (κ2) is 7.24. The van der Waals surface area contributed by atoms with Crippen LogP contribution in [-0.2, 0) is 15.7 Å². The number of carbonyl (C=O) groups is 1. The molecule has 1 atom stereocenters. The monoisotopic (exact) mass is 385 g/mol. The molecular weight excluding hydrogens is 367 g/mol. The molecule has 0 radical (unpaired) electrons. The van der Waals surface area contributed by atoms with Gasteiger partial charge >= 0.3 is 6.18 Å². The van der Waals surface area contributed by atoms with Crippen molar-refractivity contribution in [2.45, 2.75) is 19.1 Å². The zero-order valence-corrected chi connectivity index (χ0v) is 14.8. The van der Waals surface area contributed by atoms with E-state index in [1.807, 2.05) is 0 Å². The SMILES string of the molecule is CC1=C(C(=O)N2CCOCC2)[C@@H](c2ccccc2C(F)(F)F)NC(=S)N1. The van der Waals surface area contributed by atoms with Gasteiger partial charge in [-0.15, -0.1) is 0 Å². The lowest BCUT2D eigenvalue weighted by Crippen LogP contribution is -2.49. The van der Waals surface area contributed by atoms with Crippen molar-refractivity contribution < 1.29 is 22.7 Å². The number of thiocarbonyl (C=S) groups is 1. The summed E-state index contributed by atoms with van der Waals surface area (Å²) in [5, 5.41) is 5.86. The Kier molecular flexibility index (Phi) is 5.19. The van der Waals surface area contributed by atoms with E-state index in [-0.39, 0.29) is 22.2 Å². The maximum absolute atomic E-state index is 13.5. The summed E-state index contributed by atoms with van der Waals surface area (Å²) in [7, 11) is 0. The van der Waals surface area contributed by atoms with Gasteiger partial charge in [0.25, 0.3) is 5.91 Å². The van der Waals surface area contributed by atoms with E-state index < -0.39 is 17.8 Å². The van der Waals surface area contributed by atoms with Gasteiger partial charge in [-0.2, -0.15) is 13.2 Å². The van der Waals surface area contributed by atoms with Crippen LogP contribution in [0.3, 0.4) is 0 Å². The Morgan fingerprint density at radius 2 is 1.92 bits per heavy atom. The van der Waals surface area contributed by atoms with Gasteiger partial charge in [-0.05, 0) is 30.8 Å². The molecule has 0 saturated carbocycles. The number of amides is 1. The largest absolute Gasteiger partial charge is 0.416 e. The first-order valence-corrected chi connectivity index (χ1v) is 8.51. The number of rotatable bonds is 2. The summed E-state index contributed by atoms with van der Waals surface area (Å²) in [4.78, 5) is 14.6. The van der Waals surface area contributed by atoms with E-state index in [0.717, 1.165) is 6.07 Å². The molecule has 0 aliphatic carbocycles. The summed E-state index contributed by atoms with van der Waals surface area (Å²) in [6.45, 7) is 3.24. The summed E-state index contributed by atoms with van der Waals surface area (Å²) in [5.41, 5.74) is -0.133. The van der Waals surface area contributed by atoms with Crippen LogP contribution < -0.4 is 10.6 Å². The topological polar surface area (TPSA) is 53.6 Å². The van der Waals surface area contributed by atoms with Crippen LogP contribution >= 0.6 is 12.2 Å². The highest BCUT2D eigenvalue weighted by atomic mass is 32.1. The molecule has 1 aromatic rings. The third-order valence-electron chi connectivity index (χ3n) is 4.38. The van der Waals surface area contributed by atoms with Gasteiger partial charge in [0.2, 0.25) is 0 Å². The number of ether oxygens (including phenoxy) is 1. The van der Waals surface area contributed by atoms with E-state index in [1.54, 1.807) is 11.8 Å². The van der Waals surface area contributed by atoms with Gasteiger partial charge in [0.15, 0.2) is 5.11 Å². The molecule has 1 aromatic carbocycles. The molecule has 9 heteroatoms. The van der Waals surface area contributed by atoms with E-state index >= 15 is 0 Å². The first kappa shape index (κ1) is 18.7. The molecule has 0 unspecified atom stereocenters. The summed E-state index contributed by atoms with van der Waals surface area (Å²) in [5.74, 6) is -0.324. The molecular formula is C17H18F3N3O2S. The number of hydrogen-bond acceptors (Lipinski definition) is 3. The van der Waals surface area contributed by atoms with Crippen molar-refractivity contribution in [3.8, 4) is 0 Å². The van der Waals surface area contributed by atoms with Gasteiger partial charge in [0.1, 0.15) is 0 Å². The molecule has 140 valence electrons. The second-order valence-corrected chi connectivity index (χ2v) is 6.47. The highest BCUT2D eigenvalue weighted by Gasteiger charge is 2.39. The first-order valence-electron chi connectivity index (χ1n) is 8.10. The van der Waals surface area contributed by atoms with Gasteiger partial charge < -0.3 is 20.3 Å². The zero-order chi connectivity index (χ0) is 18.9. The average molecular weight is 385 g/mol. The van der Waals surface area contributed by atoms with E-state index in [2.05, 4.69) is 10.6 Å². The van der Waals surface area contributed by atoms with Crippen molar-refractivity contribution >= 4 is 23.2 Å². The highest BCUT2D eigenvalue weighted by Crippen LogP contribution is 2.38. The van der Waals surface area contributed by atoms with Gasteiger partial charge in [0, 0.05) is 18.8 Å². The lowest BCUT2D eigenvalue weighted by atomic mass is 9.91. The van der Waals surface area contributed by atoms with E-state index in [4.69, 9.17) is 17.0 Å². The molecule has 1 amide bonds. The minimum Gasteiger partial charge on any atom is -0.378 e. The molecule has 5 nitrogen and oxygen atoms in total. The van der Waals surface area contributed by atoms with E-state index in [1.165, 1.54) is 18.2 Å². The molecule has 0 bridgehead atoms. The third-order valence-corrected chi connectivity index (χ3v) is 4.59. The molecule has 2 N–H and O–H groups in total. The predicted octanol–water partition coefficient (Wildman–Crippen LogP) is 2.36. The third kappa shape index (κ3) is 3.68. The molecule has 1 saturated heterocycles. The molecule has 26 heavy (non-hydrogen) atoms. The molecule has 2 heterocycles. The second-order valence-electron chi connectivity index (χ2n) is 6.06. The molecule has 2 aliphatic heterocycles. The van der Waals surface area contributed by atoms with Crippen LogP contribution in [0, 0.1) is 0 Å². The van der Waals surface area contributed by atoms with Gasteiger partial charge in [-0.1, -0.05) is 18.2 Å². The molecule has 2 aliphatic rings. The quantitative estimate of drug-likeness (QED) is 0.766. The highest BCUT2D eigenvalue weighted by molar-refractivity contribution is 7.80. The maximum atomic E-state index is 13.5. The number of carbonyl (C=O) groups excluding carboxylic acids is 1. The minimum atomic E-state index is -4.54. The number of allylic oxidation sites excluding steroid dienone is 1. The Bertz CT molecular complexity index is 758. The smallest absolute Gasteiger partial charge is 0.378 e. The van der Waals surface area contributed by atoms with E-state index in [9.17, 15) is 18.0 Å². The normalized spacial score (nSPS) is 21.3. The summed E-state index contributed by atoms with van der Waals surface area (Å²) in [6.07, 6.45) is -4.54. The number of benzene rings is 1. The standard InChI is InChI=1S/C17H18F3N3O2S/c1-10-13(15(24)23-6-8-25-9-7-23)14(22-16(26)21-10)11-4-2-3-5-12(11)17(18,19)20/h2-5,14H,6-9H2,1H3,(H2,21,22,26)/t14-/m1/s1.